The minimum absolute atomic E-state index is 0.0421. The Bertz CT molecular complexity index is 551. The van der Waals surface area contributed by atoms with Crippen LogP contribution in [0.3, 0.4) is 0 Å². The van der Waals surface area contributed by atoms with E-state index in [0.717, 1.165) is 25.7 Å². The maximum Gasteiger partial charge on any atom is 0.101 e. The molecule has 18 heavy (non-hydrogen) atoms. The molecule has 2 aromatic rings. The molecule has 0 bridgehead atoms. The second kappa shape index (κ2) is 5.87. The van der Waals surface area contributed by atoms with Crippen LogP contribution in [0.1, 0.15) is 16.8 Å². The van der Waals surface area contributed by atoms with Gasteiger partial charge in [-0.25, -0.2) is 4.98 Å². The number of hydrogen-bond donors (Lipinski definition) is 1. The van der Waals surface area contributed by atoms with Gasteiger partial charge in [-0.1, -0.05) is 33.8 Å². The molecule has 0 aliphatic carbocycles. The van der Waals surface area contributed by atoms with E-state index < -0.39 is 0 Å². The maximum atomic E-state index is 9.35. The van der Waals surface area contributed by atoms with Gasteiger partial charge in [-0.15, -0.1) is 0 Å². The highest BCUT2D eigenvalue weighted by Crippen LogP contribution is 2.32. The van der Waals surface area contributed by atoms with Gasteiger partial charge in [0.2, 0.25) is 0 Å². The third kappa shape index (κ3) is 3.34. The van der Waals surface area contributed by atoms with Gasteiger partial charge in [0.05, 0.1) is 6.61 Å². The van der Waals surface area contributed by atoms with E-state index >= 15 is 0 Å². The number of pyridine rings is 1. The van der Waals surface area contributed by atoms with E-state index in [1.165, 1.54) is 5.56 Å². The zero-order valence-corrected chi connectivity index (χ0v) is 12.7. The molecule has 2 rings (SSSR count). The standard InChI is InChI=1S/C14H14BrNOS/c1-9-5-10(2)16-14(6-9)18-13-7-12(15)4-3-11(13)8-17/h3-7,17H,8H2,1-2H3. The second-order valence-corrected chi connectivity index (χ2v) is 6.11. The van der Waals surface area contributed by atoms with E-state index in [1.807, 2.05) is 25.1 Å². The Morgan fingerprint density at radius 1 is 1.22 bits per heavy atom. The summed E-state index contributed by atoms with van der Waals surface area (Å²) in [5, 5.41) is 10.3. The van der Waals surface area contributed by atoms with Gasteiger partial charge >= 0.3 is 0 Å². The third-order valence-electron chi connectivity index (χ3n) is 2.49. The van der Waals surface area contributed by atoms with Crippen LogP contribution in [0.4, 0.5) is 0 Å². The summed E-state index contributed by atoms with van der Waals surface area (Å²) in [6.07, 6.45) is 0. The average molecular weight is 324 g/mol. The maximum absolute atomic E-state index is 9.35. The zero-order valence-electron chi connectivity index (χ0n) is 10.3. The van der Waals surface area contributed by atoms with E-state index in [9.17, 15) is 5.11 Å². The van der Waals surface area contributed by atoms with Crippen molar-refractivity contribution in [3.63, 3.8) is 0 Å². The van der Waals surface area contributed by atoms with Gasteiger partial charge in [0.25, 0.3) is 0 Å². The van der Waals surface area contributed by atoms with Crippen LogP contribution >= 0.6 is 27.7 Å². The Hall–Kier alpha value is -0.840. The Morgan fingerprint density at radius 3 is 2.67 bits per heavy atom. The molecule has 0 saturated heterocycles. The zero-order chi connectivity index (χ0) is 13.1. The van der Waals surface area contributed by atoms with E-state index in [0.29, 0.717) is 0 Å². The van der Waals surface area contributed by atoms with E-state index in [4.69, 9.17) is 0 Å². The van der Waals surface area contributed by atoms with E-state index in [1.54, 1.807) is 11.8 Å². The first-order valence-corrected chi connectivity index (χ1v) is 7.22. The summed E-state index contributed by atoms with van der Waals surface area (Å²) in [5.41, 5.74) is 3.13. The molecular formula is C14H14BrNOS. The van der Waals surface area contributed by atoms with Crippen molar-refractivity contribution in [1.82, 2.24) is 4.98 Å². The number of aryl methyl sites for hydroxylation is 2. The van der Waals surface area contributed by atoms with Crippen molar-refractivity contribution in [3.8, 4) is 0 Å². The fraction of sp³-hybridized carbons (Fsp3) is 0.214. The van der Waals surface area contributed by atoms with Crippen LogP contribution in [0.2, 0.25) is 0 Å². The normalized spacial score (nSPS) is 10.7. The number of hydrogen-bond acceptors (Lipinski definition) is 3. The molecule has 1 aromatic carbocycles. The quantitative estimate of drug-likeness (QED) is 0.922. The highest BCUT2D eigenvalue weighted by Gasteiger charge is 2.06. The van der Waals surface area contributed by atoms with Crippen molar-refractivity contribution in [2.45, 2.75) is 30.4 Å². The predicted molar refractivity (Wildman–Crippen MR) is 77.9 cm³/mol. The lowest BCUT2D eigenvalue weighted by molar-refractivity contribution is 0.279. The molecule has 0 unspecified atom stereocenters. The number of nitrogens with zero attached hydrogens (tertiary/aromatic N) is 1. The summed E-state index contributed by atoms with van der Waals surface area (Å²) in [7, 11) is 0. The van der Waals surface area contributed by atoms with Crippen molar-refractivity contribution < 1.29 is 5.11 Å². The van der Waals surface area contributed by atoms with Gasteiger partial charge in [-0.3, -0.25) is 0 Å². The van der Waals surface area contributed by atoms with Gasteiger partial charge in [0.1, 0.15) is 5.03 Å². The minimum Gasteiger partial charge on any atom is -0.392 e. The molecule has 0 aliphatic heterocycles. The van der Waals surface area contributed by atoms with Crippen molar-refractivity contribution in [3.05, 3.63) is 51.6 Å². The van der Waals surface area contributed by atoms with Crippen LogP contribution < -0.4 is 0 Å². The Labute approximate surface area is 120 Å². The molecule has 0 aliphatic rings. The summed E-state index contributed by atoms with van der Waals surface area (Å²) in [5.74, 6) is 0. The third-order valence-corrected chi connectivity index (χ3v) is 4.00. The van der Waals surface area contributed by atoms with Crippen molar-refractivity contribution in [2.24, 2.45) is 0 Å². The molecule has 1 N–H and O–H groups in total. The van der Waals surface area contributed by atoms with Crippen molar-refractivity contribution >= 4 is 27.7 Å². The largest absolute Gasteiger partial charge is 0.392 e. The van der Waals surface area contributed by atoms with Crippen LogP contribution in [0.15, 0.2) is 44.7 Å². The minimum atomic E-state index is 0.0421. The van der Waals surface area contributed by atoms with E-state index in [-0.39, 0.29) is 6.61 Å². The number of halogens is 1. The summed E-state index contributed by atoms with van der Waals surface area (Å²) in [6.45, 7) is 4.10. The van der Waals surface area contributed by atoms with Gasteiger partial charge in [-0.2, -0.15) is 0 Å². The molecule has 0 fully saturated rings. The summed E-state index contributed by atoms with van der Waals surface area (Å²) in [6, 6.07) is 9.98. The predicted octanol–water partition coefficient (Wildman–Crippen LogP) is 4.10. The molecule has 4 heteroatoms. The highest BCUT2D eigenvalue weighted by atomic mass is 79.9. The second-order valence-electron chi connectivity index (χ2n) is 4.14. The van der Waals surface area contributed by atoms with E-state index in [2.05, 4.69) is 40.0 Å². The molecule has 0 atom stereocenters. The molecule has 0 amide bonds. The average Bonchev–Trinajstić information content (AvgIpc) is 2.27. The Morgan fingerprint density at radius 2 is 2.00 bits per heavy atom. The molecule has 0 saturated carbocycles. The first kappa shape index (κ1) is 13.6. The molecule has 0 radical (unpaired) electrons. The summed E-state index contributed by atoms with van der Waals surface area (Å²) < 4.78 is 1.01. The van der Waals surface area contributed by atoms with Crippen LogP contribution in [0.25, 0.3) is 0 Å². The molecule has 2 nitrogen and oxygen atoms in total. The topological polar surface area (TPSA) is 33.1 Å². The fourth-order valence-corrected chi connectivity index (χ4v) is 3.35. The monoisotopic (exact) mass is 323 g/mol. The number of benzene rings is 1. The smallest absolute Gasteiger partial charge is 0.101 e. The van der Waals surface area contributed by atoms with Crippen molar-refractivity contribution in [2.75, 3.05) is 0 Å². The number of rotatable bonds is 3. The molecule has 94 valence electrons. The fourth-order valence-electron chi connectivity index (χ4n) is 1.72. The highest BCUT2D eigenvalue weighted by molar-refractivity contribution is 9.10. The van der Waals surface area contributed by atoms with Crippen molar-refractivity contribution in [1.29, 1.82) is 0 Å². The molecule has 1 heterocycles. The lowest BCUT2D eigenvalue weighted by atomic mass is 10.2. The van der Waals surface area contributed by atoms with Gasteiger partial charge in [0, 0.05) is 15.1 Å². The summed E-state index contributed by atoms with van der Waals surface area (Å²) in [4.78, 5) is 5.53. The van der Waals surface area contributed by atoms with Gasteiger partial charge in [-0.05, 0) is 49.2 Å². The van der Waals surface area contributed by atoms with Crippen LogP contribution in [0.5, 0.6) is 0 Å². The SMILES string of the molecule is Cc1cc(C)nc(Sc2cc(Br)ccc2CO)c1. The number of aliphatic hydroxyl groups excluding tert-OH is 1. The molecule has 1 aromatic heterocycles. The van der Waals surface area contributed by atoms with Crippen LogP contribution in [0, 0.1) is 13.8 Å². The van der Waals surface area contributed by atoms with Gasteiger partial charge < -0.3 is 5.11 Å². The first-order chi connectivity index (χ1) is 8.58. The Balaban J connectivity index is 2.35. The van der Waals surface area contributed by atoms with Crippen LogP contribution in [-0.4, -0.2) is 10.1 Å². The van der Waals surface area contributed by atoms with Gasteiger partial charge in [0.15, 0.2) is 0 Å². The molecule has 0 spiro atoms. The number of aliphatic hydroxyl groups is 1. The van der Waals surface area contributed by atoms with Crippen LogP contribution in [-0.2, 0) is 6.61 Å². The Kier molecular flexibility index (Phi) is 4.43. The summed E-state index contributed by atoms with van der Waals surface area (Å²) >= 11 is 5.03. The lowest BCUT2D eigenvalue weighted by Gasteiger charge is -2.08. The molecular weight excluding hydrogens is 310 g/mol. The first-order valence-electron chi connectivity index (χ1n) is 5.61. The lowest BCUT2D eigenvalue weighted by Crippen LogP contribution is -1.90. The number of aromatic nitrogens is 1.